The van der Waals surface area contributed by atoms with E-state index in [1.54, 1.807) is 6.07 Å². The molecule has 6 heteroatoms. The zero-order chi connectivity index (χ0) is 16.7. The SMILES string of the molecule is Cc1noc(C)c1CN(Cc1cc(F)cc2c1OCOC2)C1CC1. The quantitative estimate of drug-likeness (QED) is 0.839. The highest BCUT2D eigenvalue weighted by Crippen LogP contribution is 2.35. The third kappa shape index (κ3) is 3.03. The predicted molar refractivity (Wildman–Crippen MR) is 84.9 cm³/mol. The molecule has 2 aromatic rings. The van der Waals surface area contributed by atoms with Gasteiger partial charge in [-0.25, -0.2) is 4.39 Å². The first-order valence-corrected chi connectivity index (χ1v) is 8.29. The van der Waals surface area contributed by atoms with E-state index < -0.39 is 0 Å². The molecule has 1 fully saturated rings. The third-order valence-electron chi connectivity index (χ3n) is 4.73. The zero-order valence-electron chi connectivity index (χ0n) is 14.0. The van der Waals surface area contributed by atoms with E-state index in [2.05, 4.69) is 10.1 Å². The lowest BCUT2D eigenvalue weighted by atomic mass is 10.1. The number of hydrogen-bond donors (Lipinski definition) is 0. The lowest BCUT2D eigenvalue weighted by Crippen LogP contribution is -2.26. The smallest absolute Gasteiger partial charge is 0.189 e. The fourth-order valence-corrected chi connectivity index (χ4v) is 3.28. The molecule has 0 N–H and O–H groups in total. The first kappa shape index (κ1) is 15.6. The van der Waals surface area contributed by atoms with Crippen LogP contribution in [0.3, 0.4) is 0 Å². The molecule has 1 aromatic carbocycles. The average molecular weight is 332 g/mol. The van der Waals surface area contributed by atoms with Gasteiger partial charge in [-0.3, -0.25) is 4.90 Å². The second-order valence-corrected chi connectivity index (χ2v) is 6.60. The van der Waals surface area contributed by atoms with Crippen molar-refractivity contribution in [2.24, 2.45) is 0 Å². The van der Waals surface area contributed by atoms with Gasteiger partial charge < -0.3 is 14.0 Å². The normalized spacial score (nSPS) is 17.0. The molecular formula is C18H21FN2O3. The van der Waals surface area contributed by atoms with E-state index >= 15 is 0 Å². The Labute approximate surface area is 140 Å². The van der Waals surface area contributed by atoms with Gasteiger partial charge in [0.2, 0.25) is 0 Å². The number of benzene rings is 1. The number of fused-ring (bicyclic) bond motifs is 1. The molecule has 0 amide bonds. The van der Waals surface area contributed by atoms with Gasteiger partial charge in [-0.05, 0) is 38.8 Å². The molecule has 1 saturated carbocycles. The molecule has 0 spiro atoms. The van der Waals surface area contributed by atoms with Crippen molar-refractivity contribution in [1.82, 2.24) is 10.1 Å². The van der Waals surface area contributed by atoms with Crippen LogP contribution in [0.4, 0.5) is 4.39 Å². The number of aromatic nitrogens is 1. The molecule has 1 aliphatic heterocycles. The van der Waals surface area contributed by atoms with Crippen LogP contribution < -0.4 is 4.74 Å². The van der Waals surface area contributed by atoms with Gasteiger partial charge in [-0.15, -0.1) is 0 Å². The van der Waals surface area contributed by atoms with Crippen LogP contribution in [0.2, 0.25) is 0 Å². The van der Waals surface area contributed by atoms with Crippen LogP contribution in [0.1, 0.15) is 41.0 Å². The first-order chi connectivity index (χ1) is 11.6. The highest BCUT2D eigenvalue weighted by Gasteiger charge is 2.31. The number of rotatable bonds is 5. The molecule has 24 heavy (non-hydrogen) atoms. The maximum absolute atomic E-state index is 14.0. The van der Waals surface area contributed by atoms with Gasteiger partial charge >= 0.3 is 0 Å². The molecule has 128 valence electrons. The Kier molecular flexibility index (Phi) is 4.02. The average Bonchev–Trinajstić information content (AvgIpc) is 3.36. The van der Waals surface area contributed by atoms with E-state index in [9.17, 15) is 4.39 Å². The van der Waals surface area contributed by atoms with Crippen LogP contribution in [-0.4, -0.2) is 22.9 Å². The van der Waals surface area contributed by atoms with Gasteiger partial charge in [0.25, 0.3) is 0 Å². The summed E-state index contributed by atoms with van der Waals surface area (Å²) < 4.78 is 30.2. The first-order valence-electron chi connectivity index (χ1n) is 8.29. The van der Waals surface area contributed by atoms with Gasteiger partial charge in [0, 0.05) is 35.8 Å². The molecule has 2 heterocycles. The fraction of sp³-hybridized carbons (Fsp3) is 0.500. The van der Waals surface area contributed by atoms with Crippen molar-refractivity contribution in [3.8, 4) is 5.75 Å². The fourth-order valence-electron chi connectivity index (χ4n) is 3.28. The van der Waals surface area contributed by atoms with Crippen LogP contribution in [0, 0.1) is 19.7 Å². The minimum absolute atomic E-state index is 0.221. The zero-order valence-corrected chi connectivity index (χ0v) is 14.0. The summed E-state index contributed by atoms with van der Waals surface area (Å²) in [5.41, 5.74) is 3.71. The number of nitrogens with zero attached hydrogens (tertiary/aromatic N) is 2. The summed E-state index contributed by atoms with van der Waals surface area (Å²) in [5, 5.41) is 4.04. The van der Waals surface area contributed by atoms with Crippen molar-refractivity contribution in [3.05, 3.63) is 46.1 Å². The van der Waals surface area contributed by atoms with Gasteiger partial charge in [0.1, 0.15) is 17.3 Å². The van der Waals surface area contributed by atoms with Crippen molar-refractivity contribution < 1.29 is 18.4 Å². The Morgan fingerprint density at radius 1 is 1.25 bits per heavy atom. The lowest BCUT2D eigenvalue weighted by molar-refractivity contribution is -0.0177. The van der Waals surface area contributed by atoms with E-state index in [1.807, 2.05) is 13.8 Å². The molecule has 5 nitrogen and oxygen atoms in total. The van der Waals surface area contributed by atoms with Crippen molar-refractivity contribution in [3.63, 3.8) is 0 Å². The topological polar surface area (TPSA) is 47.7 Å². The molecular weight excluding hydrogens is 311 g/mol. The molecule has 1 aliphatic carbocycles. The molecule has 0 unspecified atom stereocenters. The van der Waals surface area contributed by atoms with Crippen molar-refractivity contribution >= 4 is 0 Å². The second kappa shape index (κ2) is 6.18. The Morgan fingerprint density at radius 3 is 2.79 bits per heavy atom. The third-order valence-corrected chi connectivity index (χ3v) is 4.73. The summed E-state index contributed by atoms with van der Waals surface area (Å²) in [6.07, 6.45) is 2.34. The molecule has 1 aromatic heterocycles. The van der Waals surface area contributed by atoms with Crippen LogP contribution in [-0.2, 0) is 24.4 Å². The summed E-state index contributed by atoms with van der Waals surface area (Å²) in [6, 6.07) is 3.60. The van der Waals surface area contributed by atoms with E-state index in [0.717, 1.165) is 40.4 Å². The molecule has 0 saturated heterocycles. The standard InChI is InChI=1S/C18H21FN2O3/c1-11-17(12(2)24-20-11)8-21(16-3-4-16)7-13-5-15(19)6-14-9-22-10-23-18(13)14/h5-6,16H,3-4,7-10H2,1-2H3. The van der Waals surface area contributed by atoms with Crippen LogP contribution in [0.15, 0.2) is 16.7 Å². The lowest BCUT2D eigenvalue weighted by Gasteiger charge is -2.26. The van der Waals surface area contributed by atoms with Gasteiger partial charge in [0.15, 0.2) is 6.79 Å². The summed E-state index contributed by atoms with van der Waals surface area (Å²) >= 11 is 0. The summed E-state index contributed by atoms with van der Waals surface area (Å²) in [4.78, 5) is 2.36. The van der Waals surface area contributed by atoms with Gasteiger partial charge in [-0.2, -0.15) is 0 Å². The molecule has 0 radical (unpaired) electrons. The van der Waals surface area contributed by atoms with Crippen molar-refractivity contribution in [2.45, 2.75) is 52.4 Å². The van der Waals surface area contributed by atoms with Gasteiger partial charge in [0.05, 0.1) is 12.3 Å². The number of aryl methyl sites for hydroxylation is 2. The van der Waals surface area contributed by atoms with E-state index in [0.29, 0.717) is 19.2 Å². The minimum atomic E-state index is -0.245. The van der Waals surface area contributed by atoms with Gasteiger partial charge in [-0.1, -0.05) is 5.16 Å². The van der Waals surface area contributed by atoms with Crippen molar-refractivity contribution in [1.29, 1.82) is 0 Å². The summed E-state index contributed by atoms with van der Waals surface area (Å²) in [6.45, 7) is 5.92. The number of halogens is 1. The number of hydrogen-bond acceptors (Lipinski definition) is 5. The Morgan fingerprint density at radius 2 is 2.08 bits per heavy atom. The Balaban J connectivity index is 1.61. The summed E-state index contributed by atoms with van der Waals surface area (Å²) in [7, 11) is 0. The van der Waals surface area contributed by atoms with E-state index in [1.165, 1.54) is 18.9 Å². The van der Waals surface area contributed by atoms with Crippen molar-refractivity contribution in [2.75, 3.05) is 6.79 Å². The monoisotopic (exact) mass is 332 g/mol. The Hall–Kier alpha value is -1.92. The molecule has 4 rings (SSSR count). The van der Waals surface area contributed by atoms with Crippen LogP contribution in [0.25, 0.3) is 0 Å². The molecule has 2 aliphatic rings. The largest absolute Gasteiger partial charge is 0.467 e. The minimum Gasteiger partial charge on any atom is -0.467 e. The maximum Gasteiger partial charge on any atom is 0.189 e. The highest BCUT2D eigenvalue weighted by atomic mass is 19.1. The number of ether oxygens (including phenoxy) is 2. The molecule has 0 bridgehead atoms. The highest BCUT2D eigenvalue weighted by molar-refractivity contribution is 5.42. The van der Waals surface area contributed by atoms with E-state index in [-0.39, 0.29) is 12.6 Å². The second-order valence-electron chi connectivity index (χ2n) is 6.60. The Bertz CT molecular complexity index is 735. The predicted octanol–water partition coefficient (Wildman–Crippen LogP) is 3.46. The maximum atomic E-state index is 14.0. The summed E-state index contributed by atoms with van der Waals surface area (Å²) in [5.74, 6) is 1.38. The van der Waals surface area contributed by atoms with Crippen LogP contribution >= 0.6 is 0 Å². The van der Waals surface area contributed by atoms with E-state index in [4.69, 9.17) is 14.0 Å². The van der Waals surface area contributed by atoms with Crippen LogP contribution in [0.5, 0.6) is 5.75 Å². The molecule has 0 atom stereocenters.